The molecule has 1 atom stereocenters. The van der Waals surface area contributed by atoms with Gasteiger partial charge in [0.15, 0.2) is 0 Å². The van der Waals surface area contributed by atoms with E-state index in [1.54, 1.807) is 18.2 Å². The van der Waals surface area contributed by atoms with Gasteiger partial charge in [0, 0.05) is 18.2 Å². The molecule has 0 unspecified atom stereocenters. The van der Waals surface area contributed by atoms with Crippen molar-refractivity contribution in [3.8, 4) is 5.75 Å². The molecule has 0 aliphatic rings. The van der Waals surface area contributed by atoms with E-state index in [1.807, 2.05) is 6.92 Å². The third-order valence-electron chi connectivity index (χ3n) is 2.48. The van der Waals surface area contributed by atoms with Gasteiger partial charge in [-0.3, -0.25) is 0 Å². The molecule has 5 heteroatoms. The normalized spacial score (nSPS) is 12.8. The predicted molar refractivity (Wildman–Crippen MR) is 61.1 cm³/mol. The van der Waals surface area contributed by atoms with E-state index in [0.29, 0.717) is 12.1 Å². The lowest BCUT2D eigenvalue weighted by Crippen LogP contribution is -2.31. The van der Waals surface area contributed by atoms with Crippen LogP contribution in [0, 0.1) is 0 Å². The maximum atomic E-state index is 12.1. The second kappa shape index (κ2) is 7.19. The Hall–Kier alpha value is -1.20. The van der Waals surface area contributed by atoms with Crippen LogP contribution in [0.2, 0.25) is 0 Å². The lowest BCUT2D eigenvalue weighted by molar-refractivity contribution is -0.0505. The number of alkyl halides is 2. The first-order chi connectivity index (χ1) is 8.17. The van der Waals surface area contributed by atoms with Crippen LogP contribution < -0.4 is 10.1 Å². The summed E-state index contributed by atoms with van der Waals surface area (Å²) in [5, 5.41) is 12.1. The average molecular weight is 245 g/mol. The molecule has 0 aliphatic heterocycles. The number of nitrogens with one attached hydrogen (secondary N) is 1. The molecule has 0 heterocycles. The third-order valence-corrected chi connectivity index (χ3v) is 2.48. The molecule has 17 heavy (non-hydrogen) atoms. The maximum Gasteiger partial charge on any atom is 0.387 e. The Labute approximate surface area is 99.4 Å². The van der Waals surface area contributed by atoms with Gasteiger partial charge in [0.2, 0.25) is 0 Å². The van der Waals surface area contributed by atoms with Crippen LogP contribution in [0.15, 0.2) is 24.3 Å². The van der Waals surface area contributed by atoms with Crippen LogP contribution in [0.25, 0.3) is 0 Å². The lowest BCUT2D eigenvalue weighted by Gasteiger charge is -2.16. The average Bonchev–Trinajstić information content (AvgIpc) is 2.31. The number of aliphatic hydroxyl groups is 1. The van der Waals surface area contributed by atoms with Crippen molar-refractivity contribution in [3.05, 3.63) is 29.8 Å². The first kappa shape index (κ1) is 13.9. The topological polar surface area (TPSA) is 41.5 Å². The summed E-state index contributed by atoms with van der Waals surface area (Å²) in [4.78, 5) is 0. The van der Waals surface area contributed by atoms with E-state index in [1.165, 1.54) is 6.07 Å². The summed E-state index contributed by atoms with van der Waals surface area (Å²) in [5.74, 6) is 0.169. The third kappa shape index (κ3) is 4.66. The van der Waals surface area contributed by atoms with E-state index in [-0.39, 0.29) is 18.4 Å². The molecule has 96 valence electrons. The molecule has 1 aromatic rings. The van der Waals surface area contributed by atoms with Crippen molar-refractivity contribution in [2.24, 2.45) is 0 Å². The van der Waals surface area contributed by atoms with Crippen molar-refractivity contribution < 1.29 is 18.6 Å². The zero-order valence-electron chi connectivity index (χ0n) is 9.70. The molecule has 0 aliphatic carbocycles. The van der Waals surface area contributed by atoms with Crippen molar-refractivity contribution in [1.82, 2.24) is 5.32 Å². The number of aliphatic hydroxyl groups excluding tert-OH is 1. The minimum atomic E-state index is -2.82. The van der Waals surface area contributed by atoms with Crippen LogP contribution >= 0.6 is 0 Å². The second-order valence-corrected chi connectivity index (χ2v) is 3.65. The van der Waals surface area contributed by atoms with E-state index in [4.69, 9.17) is 5.11 Å². The molecular formula is C12H17F2NO2. The van der Waals surface area contributed by atoms with E-state index < -0.39 is 6.61 Å². The van der Waals surface area contributed by atoms with Gasteiger partial charge < -0.3 is 15.2 Å². The summed E-state index contributed by atoms with van der Waals surface area (Å²) in [6.07, 6.45) is 0.772. The molecule has 0 saturated heterocycles. The fourth-order valence-electron chi connectivity index (χ4n) is 1.45. The molecule has 2 N–H and O–H groups in total. The molecule has 0 radical (unpaired) electrons. The molecule has 0 amide bonds. The van der Waals surface area contributed by atoms with Crippen LogP contribution in [-0.2, 0) is 6.54 Å². The zero-order chi connectivity index (χ0) is 12.7. The van der Waals surface area contributed by atoms with E-state index >= 15 is 0 Å². The summed E-state index contributed by atoms with van der Waals surface area (Å²) in [7, 11) is 0. The summed E-state index contributed by atoms with van der Waals surface area (Å²) >= 11 is 0. The first-order valence-electron chi connectivity index (χ1n) is 5.54. The number of benzene rings is 1. The smallest absolute Gasteiger partial charge is 0.387 e. The Bertz CT molecular complexity index is 330. The van der Waals surface area contributed by atoms with Crippen LogP contribution in [-0.4, -0.2) is 24.4 Å². The Balaban J connectivity index is 2.63. The molecule has 1 rings (SSSR count). The van der Waals surface area contributed by atoms with Crippen LogP contribution in [0.3, 0.4) is 0 Å². The van der Waals surface area contributed by atoms with Crippen molar-refractivity contribution in [2.75, 3.05) is 6.61 Å². The summed E-state index contributed by atoms with van der Waals surface area (Å²) in [6, 6.07) is 6.59. The molecule has 1 aromatic carbocycles. The van der Waals surface area contributed by atoms with Crippen LogP contribution in [0.4, 0.5) is 8.78 Å². The van der Waals surface area contributed by atoms with Gasteiger partial charge in [-0.1, -0.05) is 25.1 Å². The van der Waals surface area contributed by atoms with Gasteiger partial charge in [0.1, 0.15) is 5.75 Å². The van der Waals surface area contributed by atoms with Crippen molar-refractivity contribution in [1.29, 1.82) is 0 Å². The number of ether oxygens (including phenoxy) is 1. The second-order valence-electron chi connectivity index (χ2n) is 3.65. The highest BCUT2D eigenvalue weighted by molar-refractivity contribution is 5.33. The highest BCUT2D eigenvalue weighted by Gasteiger charge is 2.10. The monoisotopic (exact) mass is 245 g/mol. The summed E-state index contributed by atoms with van der Waals surface area (Å²) in [6.45, 7) is -0.470. The molecule has 0 saturated carbocycles. The summed E-state index contributed by atoms with van der Waals surface area (Å²) < 4.78 is 28.7. The van der Waals surface area contributed by atoms with Gasteiger partial charge in [0.25, 0.3) is 0 Å². The van der Waals surface area contributed by atoms with E-state index in [2.05, 4.69) is 10.1 Å². The van der Waals surface area contributed by atoms with Crippen molar-refractivity contribution in [2.45, 2.75) is 32.5 Å². The Morgan fingerprint density at radius 2 is 2.06 bits per heavy atom. The van der Waals surface area contributed by atoms with E-state index in [9.17, 15) is 8.78 Å². The number of rotatable bonds is 7. The van der Waals surface area contributed by atoms with E-state index in [0.717, 1.165) is 6.42 Å². The van der Waals surface area contributed by atoms with Gasteiger partial charge in [-0.2, -0.15) is 8.78 Å². The standard InChI is InChI=1S/C12H17F2NO2/c1-2-10(8-16)15-7-9-5-3-4-6-11(9)17-12(13)14/h3-6,10,12,15-16H,2,7-8H2,1H3/t10-/m1/s1. The number of para-hydroxylation sites is 1. The SMILES string of the molecule is CC[C@H](CO)NCc1ccccc1OC(F)F. The lowest BCUT2D eigenvalue weighted by atomic mass is 10.1. The molecule has 0 fully saturated rings. The minimum Gasteiger partial charge on any atom is -0.434 e. The number of hydrogen-bond acceptors (Lipinski definition) is 3. The van der Waals surface area contributed by atoms with Gasteiger partial charge in [-0.25, -0.2) is 0 Å². The molecule has 3 nitrogen and oxygen atoms in total. The molecule has 0 spiro atoms. The fraction of sp³-hybridized carbons (Fsp3) is 0.500. The minimum absolute atomic E-state index is 0.0222. The van der Waals surface area contributed by atoms with Gasteiger partial charge >= 0.3 is 6.61 Å². The van der Waals surface area contributed by atoms with Crippen LogP contribution in [0.5, 0.6) is 5.75 Å². The van der Waals surface area contributed by atoms with Crippen LogP contribution in [0.1, 0.15) is 18.9 Å². The highest BCUT2D eigenvalue weighted by atomic mass is 19.3. The van der Waals surface area contributed by atoms with Gasteiger partial charge in [0.05, 0.1) is 6.61 Å². The largest absolute Gasteiger partial charge is 0.434 e. The first-order valence-corrected chi connectivity index (χ1v) is 5.54. The number of halogens is 2. The quantitative estimate of drug-likeness (QED) is 0.773. The molecule has 0 aromatic heterocycles. The fourth-order valence-corrected chi connectivity index (χ4v) is 1.45. The van der Waals surface area contributed by atoms with Crippen molar-refractivity contribution >= 4 is 0 Å². The Morgan fingerprint density at radius 1 is 1.35 bits per heavy atom. The van der Waals surface area contributed by atoms with Crippen molar-refractivity contribution in [3.63, 3.8) is 0 Å². The number of hydrogen-bond donors (Lipinski definition) is 2. The zero-order valence-corrected chi connectivity index (χ0v) is 9.70. The molecule has 0 bridgehead atoms. The Kier molecular flexibility index (Phi) is 5.86. The predicted octanol–water partition coefficient (Wildman–Crippen LogP) is 2.15. The summed E-state index contributed by atoms with van der Waals surface area (Å²) in [5.41, 5.74) is 0.653. The highest BCUT2D eigenvalue weighted by Crippen LogP contribution is 2.20. The molecular weight excluding hydrogens is 228 g/mol. The van der Waals surface area contributed by atoms with Gasteiger partial charge in [-0.05, 0) is 12.5 Å². The Morgan fingerprint density at radius 3 is 2.65 bits per heavy atom. The maximum absolute atomic E-state index is 12.1. The van der Waals surface area contributed by atoms with Gasteiger partial charge in [-0.15, -0.1) is 0 Å².